The highest BCUT2D eigenvalue weighted by Crippen LogP contribution is 2.12. The topological polar surface area (TPSA) is 95.8 Å². The molecule has 8 heteroatoms. The molecule has 0 unspecified atom stereocenters. The first-order valence-corrected chi connectivity index (χ1v) is 7.43. The van der Waals surface area contributed by atoms with Gasteiger partial charge in [-0.2, -0.15) is 0 Å². The van der Waals surface area contributed by atoms with Gasteiger partial charge in [0.05, 0.1) is 17.9 Å². The van der Waals surface area contributed by atoms with Crippen molar-refractivity contribution in [1.29, 1.82) is 0 Å². The Kier molecular flexibility index (Phi) is 5.64. The number of hydrogen-bond acceptors (Lipinski definition) is 5. The summed E-state index contributed by atoms with van der Waals surface area (Å²) in [6.07, 6.45) is 0.114. The number of amides is 2. The van der Waals surface area contributed by atoms with E-state index < -0.39 is 4.92 Å². The summed E-state index contributed by atoms with van der Waals surface area (Å²) in [5.74, 6) is -0.256. The first kappa shape index (κ1) is 16.9. The van der Waals surface area contributed by atoms with Gasteiger partial charge in [0.1, 0.15) is 0 Å². The summed E-state index contributed by atoms with van der Waals surface area (Å²) in [5.41, 5.74) is 0.672. The van der Waals surface area contributed by atoms with E-state index in [0.29, 0.717) is 18.7 Å². The molecule has 0 radical (unpaired) electrons. The second kappa shape index (κ2) is 7.68. The number of nitrogens with one attached hydrogen (secondary N) is 1. The number of rotatable bonds is 5. The van der Waals surface area contributed by atoms with Crippen LogP contribution in [0.5, 0.6) is 0 Å². The Bertz CT molecular complexity index is 582. The number of nitro benzene ring substituents is 1. The van der Waals surface area contributed by atoms with Crippen LogP contribution >= 0.6 is 0 Å². The summed E-state index contributed by atoms with van der Waals surface area (Å²) in [6, 6.07) is 5.85. The molecule has 0 spiro atoms. The van der Waals surface area contributed by atoms with Crippen LogP contribution in [0.1, 0.15) is 5.56 Å². The summed E-state index contributed by atoms with van der Waals surface area (Å²) >= 11 is 0. The molecule has 1 aromatic carbocycles. The minimum absolute atomic E-state index is 0.0107. The normalized spacial score (nSPS) is 14.4. The Balaban J connectivity index is 1.86. The summed E-state index contributed by atoms with van der Waals surface area (Å²) < 4.78 is 0. The van der Waals surface area contributed by atoms with Gasteiger partial charge in [-0.05, 0) is 5.56 Å². The molecule has 23 heavy (non-hydrogen) atoms. The molecule has 8 nitrogen and oxygen atoms in total. The molecule has 1 aromatic rings. The maximum absolute atomic E-state index is 12.2. The maximum Gasteiger partial charge on any atom is 0.269 e. The van der Waals surface area contributed by atoms with Crippen molar-refractivity contribution < 1.29 is 14.5 Å². The number of nitro groups is 1. The van der Waals surface area contributed by atoms with Gasteiger partial charge in [0.2, 0.25) is 11.8 Å². The fourth-order valence-corrected chi connectivity index (χ4v) is 2.35. The molecular formula is C15H20N4O4. The highest BCUT2D eigenvalue weighted by molar-refractivity contribution is 5.85. The van der Waals surface area contributed by atoms with E-state index in [4.69, 9.17) is 0 Å². The van der Waals surface area contributed by atoms with Gasteiger partial charge < -0.3 is 15.1 Å². The molecule has 1 aliphatic heterocycles. The third-order valence-corrected chi connectivity index (χ3v) is 3.77. The number of hydrogen-bond donors (Lipinski definition) is 1. The lowest BCUT2D eigenvalue weighted by Gasteiger charge is -2.29. The van der Waals surface area contributed by atoms with E-state index in [1.807, 2.05) is 0 Å². The molecule has 0 aromatic heterocycles. The second-order valence-electron chi connectivity index (χ2n) is 5.48. The minimum atomic E-state index is -0.482. The Morgan fingerprint density at radius 3 is 2.43 bits per heavy atom. The molecule has 2 rings (SSSR count). The zero-order valence-corrected chi connectivity index (χ0v) is 13.0. The van der Waals surface area contributed by atoms with Crippen molar-refractivity contribution in [2.24, 2.45) is 0 Å². The summed E-state index contributed by atoms with van der Waals surface area (Å²) in [4.78, 5) is 37.5. The fourth-order valence-electron chi connectivity index (χ4n) is 2.35. The largest absolute Gasteiger partial charge is 0.339 e. The lowest BCUT2D eigenvalue weighted by molar-refractivity contribution is -0.384. The first-order valence-electron chi connectivity index (χ1n) is 7.43. The predicted molar refractivity (Wildman–Crippen MR) is 83.9 cm³/mol. The number of likely N-dealkylation sites (N-methyl/N-ethyl adjacent to an activating group) is 1. The molecule has 1 saturated heterocycles. The van der Waals surface area contributed by atoms with Crippen molar-refractivity contribution in [1.82, 2.24) is 15.1 Å². The van der Waals surface area contributed by atoms with Gasteiger partial charge in [0.15, 0.2) is 0 Å². The number of piperazine rings is 1. The van der Waals surface area contributed by atoms with Gasteiger partial charge in [-0.3, -0.25) is 19.7 Å². The Morgan fingerprint density at radius 1 is 1.26 bits per heavy atom. The summed E-state index contributed by atoms with van der Waals surface area (Å²) in [7, 11) is 1.59. The number of benzene rings is 1. The lowest BCUT2D eigenvalue weighted by atomic mass is 10.1. The third kappa shape index (κ3) is 4.75. The molecule has 1 aliphatic rings. The number of non-ortho nitro benzene ring substituents is 1. The molecule has 1 fully saturated rings. The number of nitrogens with zero attached hydrogens (tertiary/aromatic N) is 3. The second-order valence-corrected chi connectivity index (χ2v) is 5.48. The van der Waals surface area contributed by atoms with Crippen LogP contribution < -0.4 is 5.32 Å². The van der Waals surface area contributed by atoms with Crippen LogP contribution in [0.4, 0.5) is 5.69 Å². The quantitative estimate of drug-likeness (QED) is 0.610. The van der Waals surface area contributed by atoms with E-state index in [-0.39, 0.29) is 30.5 Å². The molecule has 0 bridgehead atoms. The minimum Gasteiger partial charge on any atom is -0.339 e. The van der Waals surface area contributed by atoms with Gasteiger partial charge >= 0.3 is 0 Å². The van der Waals surface area contributed by atoms with Crippen LogP contribution in [0.25, 0.3) is 0 Å². The van der Waals surface area contributed by atoms with Gasteiger partial charge in [0.25, 0.3) is 5.69 Å². The number of carbonyl (C=O) groups excluding carboxylic acids is 2. The predicted octanol–water partition coefficient (Wildman–Crippen LogP) is 0.0275. The van der Waals surface area contributed by atoms with E-state index in [9.17, 15) is 19.7 Å². The van der Waals surface area contributed by atoms with Crippen LogP contribution in [0.3, 0.4) is 0 Å². The lowest BCUT2D eigenvalue weighted by Crippen LogP contribution is -2.49. The first-order chi connectivity index (χ1) is 11.0. The third-order valence-electron chi connectivity index (χ3n) is 3.77. The molecule has 1 heterocycles. The monoisotopic (exact) mass is 320 g/mol. The standard InChI is InChI=1S/C15H20N4O4/c1-17(11-15(21)18-8-6-16-7-9-18)14(20)10-12-2-4-13(5-3-12)19(22)23/h2-5,16H,6-11H2,1H3. The molecule has 2 amide bonds. The molecule has 1 N–H and O–H groups in total. The molecular weight excluding hydrogens is 300 g/mol. The summed E-state index contributed by atoms with van der Waals surface area (Å²) in [5, 5.41) is 13.8. The van der Waals surface area contributed by atoms with E-state index in [1.165, 1.54) is 17.0 Å². The van der Waals surface area contributed by atoms with Crippen LogP contribution in [0.2, 0.25) is 0 Å². The van der Waals surface area contributed by atoms with Crippen molar-refractivity contribution in [2.45, 2.75) is 6.42 Å². The van der Waals surface area contributed by atoms with Crippen LogP contribution in [0.15, 0.2) is 24.3 Å². The SMILES string of the molecule is CN(CC(=O)N1CCNCC1)C(=O)Cc1ccc([N+](=O)[O-])cc1. The molecule has 124 valence electrons. The Hall–Kier alpha value is -2.48. The zero-order valence-electron chi connectivity index (χ0n) is 13.0. The molecule has 0 aliphatic carbocycles. The zero-order chi connectivity index (χ0) is 16.8. The van der Waals surface area contributed by atoms with Gasteiger partial charge in [-0.15, -0.1) is 0 Å². The van der Waals surface area contributed by atoms with Crippen LogP contribution in [0, 0.1) is 10.1 Å². The van der Waals surface area contributed by atoms with Crippen LogP contribution in [-0.2, 0) is 16.0 Å². The van der Waals surface area contributed by atoms with E-state index in [2.05, 4.69) is 5.32 Å². The van der Waals surface area contributed by atoms with Gasteiger partial charge in [0, 0.05) is 45.4 Å². The fraction of sp³-hybridized carbons (Fsp3) is 0.467. The van der Waals surface area contributed by atoms with Crippen molar-refractivity contribution >= 4 is 17.5 Å². The van der Waals surface area contributed by atoms with E-state index in [0.717, 1.165) is 13.1 Å². The molecule has 0 saturated carbocycles. The van der Waals surface area contributed by atoms with E-state index >= 15 is 0 Å². The van der Waals surface area contributed by atoms with E-state index in [1.54, 1.807) is 24.1 Å². The van der Waals surface area contributed by atoms with Gasteiger partial charge in [-0.1, -0.05) is 12.1 Å². The van der Waals surface area contributed by atoms with Crippen molar-refractivity contribution in [3.8, 4) is 0 Å². The average molecular weight is 320 g/mol. The highest BCUT2D eigenvalue weighted by atomic mass is 16.6. The maximum atomic E-state index is 12.2. The summed E-state index contributed by atoms with van der Waals surface area (Å²) in [6.45, 7) is 2.90. The smallest absolute Gasteiger partial charge is 0.269 e. The Morgan fingerprint density at radius 2 is 1.87 bits per heavy atom. The molecule has 0 atom stereocenters. The van der Waals surface area contributed by atoms with Crippen LogP contribution in [-0.4, -0.2) is 66.3 Å². The number of carbonyl (C=O) groups is 2. The van der Waals surface area contributed by atoms with Crippen molar-refractivity contribution in [2.75, 3.05) is 39.8 Å². The van der Waals surface area contributed by atoms with Crippen molar-refractivity contribution in [3.63, 3.8) is 0 Å². The average Bonchev–Trinajstić information content (AvgIpc) is 2.56. The van der Waals surface area contributed by atoms with Gasteiger partial charge in [-0.25, -0.2) is 0 Å². The van der Waals surface area contributed by atoms with Crippen molar-refractivity contribution in [3.05, 3.63) is 39.9 Å². The highest BCUT2D eigenvalue weighted by Gasteiger charge is 2.20. The Labute approximate surface area is 134 Å².